The Labute approximate surface area is 164 Å². The molecule has 1 aliphatic rings. The molecule has 0 bridgehead atoms. The number of likely N-dealkylation sites (tertiary alicyclic amines) is 1. The molecule has 3 rings (SSSR count). The number of ether oxygens (including phenoxy) is 1. The Bertz CT molecular complexity index is 841. The van der Waals surface area contributed by atoms with E-state index in [4.69, 9.17) is 4.74 Å². The van der Waals surface area contributed by atoms with E-state index in [-0.39, 0.29) is 23.3 Å². The van der Waals surface area contributed by atoms with Crippen molar-refractivity contribution in [1.29, 1.82) is 0 Å². The number of carbonyl (C=O) groups is 2. The summed E-state index contributed by atoms with van der Waals surface area (Å²) in [6.07, 6.45) is 0.713. The maximum absolute atomic E-state index is 13.8. The van der Waals surface area contributed by atoms with Gasteiger partial charge in [-0.1, -0.05) is 30.3 Å². The molecule has 6 heteroatoms. The second kappa shape index (κ2) is 8.97. The van der Waals surface area contributed by atoms with Crippen LogP contribution in [0.5, 0.6) is 0 Å². The van der Waals surface area contributed by atoms with Gasteiger partial charge in [0.2, 0.25) is 5.91 Å². The van der Waals surface area contributed by atoms with Crippen LogP contribution in [0.4, 0.5) is 10.1 Å². The summed E-state index contributed by atoms with van der Waals surface area (Å²) in [5.74, 6) is -1.25. The smallest absolute Gasteiger partial charge is 0.338 e. The average Bonchev–Trinajstić information content (AvgIpc) is 3.12. The molecule has 0 radical (unpaired) electrons. The van der Waals surface area contributed by atoms with E-state index < -0.39 is 17.7 Å². The summed E-state index contributed by atoms with van der Waals surface area (Å²) in [4.78, 5) is 26.0. The van der Waals surface area contributed by atoms with Crippen LogP contribution in [0, 0.1) is 11.7 Å². The van der Waals surface area contributed by atoms with Gasteiger partial charge in [-0.3, -0.25) is 9.69 Å². The van der Waals surface area contributed by atoms with Gasteiger partial charge in [-0.25, -0.2) is 9.18 Å². The fourth-order valence-corrected chi connectivity index (χ4v) is 3.50. The van der Waals surface area contributed by atoms with Crippen molar-refractivity contribution < 1.29 is 18.7 Å². The summed E-state index contributed by atoms with van der Waals surface area (Å²) >= 11 is 0. The van der Waals surface area contributed by atoms with Crippen LogP contribution >= 0.6 is 0 Å². The Morgan fingerprint density at radius 3 is 2.71 bits per heavy atom. The summed E-state index contributed by atoms with van der Waals surface area (Å²) in [5, 5.41) is 2.38. The molecule has 1 saturated heterocycles. The Kier molecular flexibility index (Phi) is 6.41. The van der Waals surface area contributed by atoms with Crippen molar-refractivity contribution in [3.8, 4) is 0 Å². The van der Waals surface area contributed by atoms with E-state index in [0.29, 0.717) is 0 Å². The number of benzene rings is 2. The van der Waals surface area contributed by atoms with Gasteiger partial charge in [-0.15, -0.1) is 0 Å². The minimum Gasteiger partial charge on any atom is -0.459 e. The minimum atomic E-state index is -0.591. The molecule has 0 spiro atoms. The highest BCUT2D eigenvalue weighted by molar-refractivity contribution is 5.93. The second-order valence-corrected chi connectivity index (χ2v) is 7.26. The van der Waals surface area contributed by atoms with Crippen LogP contribution in [0.3, 0.4) is 0 Å². The first-order valence-corrected chi connectivity index (χ1v) is 9.47. The topological polar surface area (TPSA) is 58.6 Å². The third-order valence-electron chi connectivity index (χ3n) is 5.03. The van der Waals surface area contributed by atoms with Crippen molar-refractivity contribution >= 4 is 17.6 Å². The zero-order valence-corrected chi connectivity index (χ0v) is 16.2. The molecule has 1 N–H and O–H groups in total. The number of anilines is 1. The molecule has 0 unspecified atom stereocenters. The fourth-order valence-electron chi connectivity index (χ4n) is 3.50. The van der Waals surface area contributed by atoms with E-state index in [2.05, 4.69) is 22.3 Å². The highest BCUT2D eigenvalue weighted by Gasteiger charge is 2.29. The molecule has 2 aromatic rings. The van der Waals surface area contributed by atoms with Gasteiger partial charge in [0.05, 0.1) is 11.3 Å². The molecule has 1 fully saturated rings. The van der Waals surface area contributed by atoms with Gasteiger partial charge in [0.25, 0.3) is 0 Å². The van der Waals surface area contributed by atoms with Crippen molar-refractivity contribution in [2.75, 3.05) is 18.4 Å². The molecule has 5 nitrogen and oxygen atoms in total. The fraction of sp³-hybridized carbons (Fsp3) is 0.364. The predicted molar refractivity (Wildman–Crippen MR) is 105 cm³/mol. The number of nitrogens with zero attached hydrogens (tertiary/aromatic N) is 1. The largest absolute Gasteiger partial charge is 0.459 e. The molecular weight excluding hydrogens is 359 g/mol. The highest BCUT2D eigenvalue weighted by Crippen LogP contribution is 2.25. The molecule has 28 heavy (non-hydrogen) atoms. The summed E-state index contributed by atoms with van der Waals surface area (Å²) in [6, 6.07) is 14.1. The lowest BCUT2D eigenvalue weighted by Gasteiger charge is -2.21. The molecule has 148 valence electrons. The average molecular weight is 384 g/mol. The zero-order chi connectivity index (χ0) is 20.1. The van der Waals surface area contributed by atoms with E-state index in [1.54, 1.807) is 0 Å². The van der Waals surface area contributed by atoms with Gasteiger partial charge in [0.15, 0.2) is 0 Å². The number of carbonyl (C=O) groups excluding carboxylic acids is 2. The van der Waals surface area contributed by atoms with Crippen LogP contribution in [0.1, 0.15) is 36.2 Å². The lowest BCUT2D eigenvalue weighted by atomic mass is 10.0. The Balaban J connectivity index is 1.56. The molecule has 2 atom stereocenters. The van der Waals surface area contributed by atoms with Gasteiger partial charge in [-0.05, 0) is 43.7 Å². The van der Waals surface area contributed by atoms with E-state index in [1.807, 2.05) is 25.1 Å². The van der Waals surface area contributed by atoms with Gasteiger partial charge in [-0.2, -0.15) is 0 Å². The second-order valence-electron chi connectivity index (χ2n) is 7.26. The van der Waals surface area contributed by atoms with Crippen LogP contribution < -0.4 is 5.32 Å². The van der Waals surface area contributed by atoms with Crippen LogP contribution in [-0.2, 0) is 16.1 Å². The van der Waals surface area contributed by atoms with Crippen molar-refractivity contribution in [2.24, 2.45) is 5.92 Å². The Hall–Kier alpha value is -2.73. The molecule has 0 aliphatic carbocycles. The number of rotatable bonds is 6. The minimum absolute atomic E-state index is 0.0236. The van der Waals surface area contributed by atoms with Crippen molar-refractivity contribution in [3.05, 3.63) is 65.5 Å². The van der Waals surface area contributed by atoms with Crippen LogP contribution in [0.25, 0.3) is 0 Å². The summed E-state index contributed by atoms with van der Waals surface area (Å²) in [6.45, 7) is 5.89. The number of hydrogen-bond donors (Lipinski definition) is 1. The summed E-state index contributed by atoms with van der Waals surface area (Å²) in [5.41, 5.74) is 1.46. The molecule has 1 heterocycles. The lowest BCUT2D eigenvalue weighted by molar-refractivity contribution is -0.114. The number of hydrogen-bond acceptors (Lipinski definition) is 4. The number of nitrogens with one attached hydrogen (secondary N) is 1. The first-order chi connectivity index (χ1) is 13.4. The quantitative estimate of drug-likeness (QED) is 0.769. The molecule has 1 aliphatic heterocycles. The number of halogens is 1. The van der Waals surface area contributed by atoms with Crippen LogP contribution in [0.15, 0.2) is 48.5 Å². The van der Waals surface area contributed by atoms with Gasteiger partial charge >= 0.3 is 5.97 Å². The van der Waals surface area contributed by atoms with E-state index in [1.165, 1.54) is 24.6 Å². The maximum Gasteiger partial charge on any atom is 0.338 e. The maximum atomic E-state index is 13.8. The van der Waals surface area contributed by atoms with Crippen LogP contribution in [0.2, 0.25) is 0 Å². The third kappa shape index (κ3) is 5.16. The van der Waals surface area contributed by atoms with E-state index >= 15 is 0 Å². The van der Waals surface area contributed by atoms with Gasteiger partial charge in [0, 0.05) is 25.9 Å². The Morgan fingerprint density at radius 1 is 1.25 bits per heavy atom. The first kappa shape index (κ1) is 20.0. The summed E-state index contributed by atoms with van der Waals surface area (Å²) < 4.78 is 19.4. The molecule has 2 aromatic carbocycles. The number of amides is 1. The predicted octanol–water partition coefficient (Wildman–Crippen LogP) is 3.85. The van der Waals surface area contributed by atoms with E-state index in [0.717, 1.165) is 32.1 Å². The van der Waals surface area contributed by atoms with Gasteiger partial charge < -0.3 is 10.1 Å². The molecular formula is C22H25FN2O3. The molecule has 0 saturated carbocycles. The Morgan fingerprint density at radius 2 is 2.00 bits per heavy atom. The van der Waals surface area contributed by atoms with E-state index in [9.17, 15) is 14.0 Å². The van der Waals surface area contributed by atoms with Crippen molar-refractivity contribution in [2.45, 2.75) is 32.9 Å². The SMILES string of the molecule is CC(=O)Nc1cc(C(=O)O[C@@H](C)[C@@H]2CCN(Cc3ccccc3)C2)ccc1F. The number of esters is 1. The third-order valence-corrected chi connectivity index (χ3v) is 5.03. The normalized spacial score (nSPS) is 17.9. The van der Waals surface area contributed by atoms with Gasteiger partial charge in [0.1, 0.15) is 11.9 Å². The van der Waals surface area contributed by atoms with Crippen molar-refractivity contribution in [1.82, 2.24) is 4.90 Å². The van der Waals surface area contributed by atoms with Crippen LogP contribution in [-0.4, -0.2) is 36.0 Å². The molecule has 1 amide bonds. The summed E-state index contributed by atoms with van der Waals surface area (Å²) in [7, 11) is 0. The standard InChI is InChI=1S/C22H25FN2O3/c1-15(19-10-11-25(14-19)13-17-6-4-3-5-7-17)28-22(27)18-8-9-20(23)21(12-18)24-16(2)26/h3-9,12,15,19H,10-11,13-14H2,1-2H3,(H,24,26)/t15-,19+/m0/s1. The monoisotopic (exact) mass is 384 g/mol. The van der Waals surface area contributed by atoms with Crippen molar-refractivity contribution in [3.63, 3.8) is 0 Å². The lowest BCUT2D eigenvalue weighted by Crippen LogP contribution is -2.27. The first-order valence-electron chi connectivity index (χ1n) is 9.47. The highest BCUT2D eigenvalue weighted by atomic mass is 19.1. The molecule has 0 aromatic heterocycles. The zero-order valence-electron chi connectivity index (χ0n) is 16.2.